The zero-order valence-electron chi connectivity index (χ0n) is 9.18. The van der Waals surface area contributed by atoms with Gasteiger partial charge in [0.05, 0.1) is 0 Å². The van der Waals surface area contributed by atoms with Crippen LogP contribution in [-0.4, -0.2) is 46.5 Å². The second kappa shape index (κ2) is 4.67. The highest BCUT2D eigenvalue weighted by Crippen LogP contribution is 2.09. The van der Waals surface area contributed by atoms with Crippen molar-refractivity contribution < 1.29 is 9.59 Å². The summed E-state index contributed by atoms with van der Waals surface area (Å²) in [6.45, 7) is 0.649. The number of carbonyl (C=O) groups is 2. The van der Waals surface area contributed by atoms with Crippen molar-refractivity contribution in [3.8, 4) is 0 Å². The third-order valence-corrected chi connectivity index (χ3v) is 2.80. The van der Waals surface area contributed by atoms with Gasteiger partial charge >= 0.3 is 0 Å². The zero-order chi connectivity index (χ0) is 12.4. The van der Waals surface area contributed by atoms with E-state index in [-0.39, 0.29) is 16.8 Å². The molecule has 6 nitrogen and oxygen atoms in total. The smallest absolute Gasteiger partial charge is 0.272 e. The summed E-state index contributed by atoms with van der Waals surface area (Å²) in [5, 5.41) is 10.1. The summed E-state index contributed by atoms with van der Waals surface area (Å²) in [6, 6.07) is 2.48. The number of amides is 2. The Bertz CT molecular complexity index is 448. The van der Waals surface area contributed by atoms with Crippen LogP contribution >= 0.6 is 11.6 Å². The first-order valence-corrected chi connectivity index (χ1v) is 5.51. The molecule has 2 amide bonds. The molecule has 1 aromatic rings. The molecule has 0 spiro atoms. The zero-order valence-corrected chi connectivity index (χ0v) is 9.94. The first-order valence-electron chi connectivity index (χ1n) is 5.13. The van der Waals surface area contributed by atoms with Crippen molar-refractivity contribution in [2.24, 2.45) is 0 Å². The third kappa shape index (κ3) is 2.52. The number of likely N-dealkylation sites (N-methyl/N-ethyl adjacent to an activating group) is 1. The van der Waals surface area contributed by atoms with Crippen LogP contribution in [0.15, 0.2) is 12.1 Å². The van der Waals surface area contributed by atoms with Gasteiger partial charge in [-0.1, -0.05) is 11.6 Å². The predicted octanol–water partition coefficient (Wildman–Crippen LogP) is 0.0905. The van der Waals surface area contributed by atoms with E-state index in [0.717, 1.165) is 0 Å². The number of hydrogen-bond acceptors (Lipinski definition) is 4. The van der Waals surface area contributed by atoms with Crippen molar-refractivity contribution in [2.45, 2.75) is 12.5 Å². The molecule has 0 radical (unpaired) electrons. The van der Waals surface area contributed by atoms with E-state index in [2.05, 4.69) is 15.5 Å². The number of aromatic nitrogens is 2. The van der Waals surface area contributed by atoms with Crippen molar-refractivity contribution in [2.75, 3.05) is 13.6 Å². The maximum Gasteiger partial charge on any atom is 0.272 e. The monoisotopic (exact) mass is 254 g/mol. The van der Waals surface area contributed by atoms with Crippen LogP contribution in [0, 0.1) is 0 Å². The van der Waals surface area contributed by atoms with Crippen LogP contribution in [0.25, 0.3) is 0 Å². The number of nitrogens with one attached hydrogen (secondary N) is 1. The van der Waals surface area contributed by atoms with Gasteiger partial charge in [0.1, 0.15) is 6.04 Å². The summed E-state index contributed by atoms with van der Waals surface area (Å²) >= 11 is 5.56. The lowest BCUT2D eigenvalue weighted by Crippen LogP contribution is -2.40. The van der Waals surface area contributed by atoms with Crippen molar-refractivity contribution in [1.29, 1.82) is 0 Å². The topological polar surface area (TPSA) is 75.2 Å². The Balaban J connectivity index is 2.02. The van der Waals surface area contributed by atoms with Crippen LogP contribution in [0.4, 0.5) is 0 Å². The van der Waals surface area contributed by atoms with Gasteiger partial charge < -0.3 is 10.2 Å². The molecule has 7 heteroatoms. The predicted molar refractivity (Wildman–Crippen MR) is 60.6 cm³/mol. The minimum absolute atomic E-state index is 0.0831. The highest BCUT2D eigenvalue weighted by Gasteiger charge is 2.30. The molecule has 1 unspecified atom stereocenters. The minimum atomic E-state index is -0.468. The summed E-state index contributed by atoms with van der Waals surface area (Å²) in [5.74, 6) is -0.497. The fourth-order valence-electron chi connectivity index (χ4n) is 1.63. The van der Waals surface area contributed by atoms with Crippen LogP contribution in [0.1, 0.15) is 16.9 Å². The van der Waals surface area contributed by atoms with E-state index in [0.29, 0.717) is 13.0 Å². The highest BCUT2D eigenvalue weighted by molar-refractivity contribution is 6.29. The second-order valence-electron chi connectivity index (χ2n) is 3.82. The Labute approximate surface area is 103 Å². The molecule has 1 atom stereocenters. The normalized spacial score (nSPS) is 19.5. The molecular weight excluding hydrogens is 244 g/mol. The maximum absolute atomic E-state index is 11.7. The molecule has 17 heavy (non-hydrogen) atoms. The van der Waals surface area contributed by atoms with Gasteiger partial charge in [0.2, 0.25) is 5.91 Å². The van der Waals surface area contributed by atoms with Gasteiger partial charge in [0.25, 0.3) is 5.91 Å². The fourth-order valence-corrected chi connectivity index (χ4v) is 1.73. The van der Waals surface area contributed by atoms with Crippen molar-refractivity contribution in [3.05, 3.63) is 23.0 Å². The van der Waals surface area contributed by atoms with Gasteiger partial charge in [0, 0.05) is 13.6 Å². The van der Waals surface area contributed by atoms with Gasteiger partial charge in [-0.3, -0.25) is 9.59 Å². The number of nitrogens with zero attached hydrogens (tertiary/aromatic N) is 3. The SMILES string of the molecule is CN1CCC(NC(=O)c2ccc(Cl)nn2)C1=O. The molecular formula is C10H11ClN4O2. The van der Waals surface area contributed by atoms with Crippen LogP contribution in [-0.2, 0) is 4.79 Å². The van der Waals surface area contributed by atoms with Gasteiger partial charge in [-0.05, 0) is 18.6 Å². The summed E-state index contributed by atoms with van der Waals surface area (Å²) in [6.07, 6.45) is 0.613. The third-order valence-electron chi connectivity index (χ3n) is 2.60. The number of carbonyl (C=O) groups excluding carboxylic acids is 2. The number of likely N-dealkylation sites (tertiary alicyclic amines) is 1. The molecule has 1 fully saturated rings. The van der Waals surface area contributed by atoms with Crippen LogP contribution < -0.4 is 5.32 Å². The largest absolute Gasteiger partial charge is 0.344 e. The van der Waals surface area contributed by atoms with E-state index in [4.69, 9.17) is 11.6 Å². The summed E-state index contributed by atoms with van der Waals surface area (Å²) in [7, 11) is 1.70. The molecule has 0 bridgehead atoms. The Kier molecular flexibility index (Phi) is 3.23. The van der Waals surface area contributed by atoms with E-state index in [1.165, 1.54) is 12.1 Å². The average Bonchev–Trinajstić information content (AvgIpc) is 2.62. The van der Waals surface area contributed by atoms with Crippen LogP contribution in [0.3, 0.4) is 0 Å². The molecule has 1 aliphatic heterocycles. The van der Waals surface area contributed by atoms with E-state index in [9.17, 15) is 9.59 Å². The summed E-state index contributed by atoms with van der Waals surface area (Å²) in [4.78, 5) is 24.9. The summed E-state index contributed by atoms with van der Waals surface area (Å²) < 4.78 is 0. The number of halogens is 1. The van der Waals surface area contributed by atoms with Crippen molar-refractivity contribution in [3.63, 3.8) is 0 Å². The summed E-state index contributed by atoms with van der Waals surface area (Å²) in [5.41, 5.74) is 0.150. The fraction of sp³-hybridized carbons (Fsp3) is 0.400. The molecule has 1 aliphatic rings. The first kappa shape index (κ1) is 11.8. The van der Waals surface area contributed by atoms with Crippen LogP contribution in [0.5, 0.6) is 0 Å². The van der Waals surface area contributed by atoms with E-state index in [1.807, 2.05) is 0 Å². The van der Waals surface area contributed by atoms with E-state index >= 15 is 0 Å². The molecule has 0 saturated carbocycles. The standard InChI is InChI=1S/C10H11ClN4O2/c1-15-5-4-7(10(15)17)12-9(16)6-2-3-8(11)14-13-6/h2-3,7H,4-5H2,1H3,(H,12,16). The first-order chi connectivity index (χ1) is 8.08. The van der Waals surface area contributed by atoms with Gasteiger partial charge in [-0.25, -0.2) is 0 Å². The Morgan fingerprint density at radius 1 is 1.53 bits per heavy atom. The lowest BCUT2D eigenvalue weighted by Gasteiger charge is -2.11. The molecule has 0 aliphatic carbocycles. The molecule has 1 aromatic heterocycles. The lowest BCUT2D eigenvalue weighted by molar-refractivity contribution is -0.128. The Morgan fingerprint density at radius 3 is 2.82 bits per heavy atom. The van der Waals surface area contributed by atoms with Gasteiger partial charge in [-0.2, -0.15) is 0 Å². The van der Waals surface area contributed by atoms with E-state index in [1.54, 1.807) is 11.9 Å². The lowest BCUT2D eigenvalue weighted by atomic mass is 10.2. The number of rotatable bonds is 2. The molecule has 2 rings (SSSR count). The second-order valence-corrected chi connectivity index (χ2v) is 4.20. The van der Waals surface area contributed by atoms with Crippen LogP contribution in [0.2, 0.25) is 5.15 Å². The van der Waals surface area contributed by atoms with Gasteiger partial charge in [0.15, 0.2) is 10.8 Å². The molecule has 90 valence electrons. The highest BCUT2D eigenvalue weighted by atomic mass is 35.5. The average molecular weight is 255 g/mol. The van der Waals surface area contributed by atoms with Crippen molar-refractivity contribution >= 4 is 23.4 Å². The Morgan fingerprint density at radius 2 is 2.29 bits per heavy atom. The molecule has 1 N–H and O–H groups in total. The Hall–Kier alpha value is -1.69. The van der Waals surface area contributed by atoms with Gasteiger partial charge in [-0.15, -0.1) is 10.2 Å². The quantitative estimate of drug-likeness (QED) is 0.812. The number of hydrogen-bond donors (Lipinski definition) is 1. The molecule has 2 heterocycles. The molecule has 0 aromatic carbocycles. The van der Waals surface area contributed by atoms with Crippen molar-refractivity contribution in [1.82, 2.24) is 20.4 Å². The minimum Gasteiger partial charge on any atom is -0.344 e. The maximum atomic E-state index is 11.7. The molecule has 1 saturated heterocycles. The van der Waals surface area contributed by atoms with E-state index < -0.39 is 11.9 Å².